The standard InChI is InChI=1S/C14H18O5/c1-18-13-9-11(10-15)6-7-12(13)19-8-4-2-3-5-14(16)17/h6-7,9-10H,2-5,8H2,1H3,(H,16,17). The van der Waals surface area contributed by atoms with Crippen molar-refractivity contribution in [1.82, 2.24) is 0 Å². The molecule has 0 saturated carbocycles. The first kappa shape index (κ1) is 15.0. The van der Waals surface area contributed by atoms with Crippen molar-refractivity contribution in [1.29, 1.82) is 0 Å². The van der Waals surface area contributed by atoms with Crippen molar-refractivity contribution < 1.29 is 24.2 Å². The number of hydrogen-bond donors (Lipinski definition) is 1. The van der Waals surface area contributed by atoms with Crippen LogP contribution in [-0.4, -0.2) is 31.1 Å². The van der Waals surface area contributed by atoms with Crippen molar-refractivity contribution >= 4 is 12.3 Å². The van der Waals surface area contributed by atoms with Crippen LogP contribution in [0.2, 0.25) is 0 Å². The average Bonchev–Trinajstić information content (AvgIpc) is 2.42. The van der Waals surface area contributed by atoms with Crippen LogP contribution < -0.4 is 9.47 Å². The van der Waals surface area contributed by atoms with Gasteiger partial charge >= 0.3 is 5.97 Å². The smallest absolute Gasteiger partial charge is 0.303 e. The first-order valence-electron chi connectivity index (χ1n) is 6.15. The summed E-state index contributed by atoms with van der Waals surface area (Å²) >= 11 is 0. The predicted molar refractivity (Wildman–Crippen MR) is 70.0 cm³/mol. The topological polar surface area (TPSA) is 72.8 Å². The SMILES string of the molecule is COc1cc(C=O)ccc1OCCCCCC(=O)O. The molecule has 0 bridgehead atoms. The highest BCUT2D eigenvalue weighted by Crippen LogP contribution is 2.27. The van der Waals surface area contributed by atoms with Gasteiger partial charge in [0.25, 0.3) is 0 Å². The van der Waals surface area contributed by atoms with Crippen LogP contribution in [0.1, 0.15) is 36.0 Å². The molecule has 0 aliphatic carbocycles. The predicted octanol–water partition coefficient (Wildman–Crippen LogP) is 2.53. The summed E-state index contributed by atoms with van der Waals surface area (Å²) in [5.41, 5.74) is 0.533. The van der Waals surface area contributed by atoms with Crippen molar-refractivity contribution in [3.05, 3.63) is 23.8 Å². The van der Waals surface area contributed by atoms with Gasteiger partial charge in [0.05, 0.1) is 13.7 Å². The second kappa shape index (κ2) is 8.13. The maximum atomic E-state index is 10.6. The fraction of sp³-hybridized carbons (Fsp3) is 0.429. The van der Waals surface area contributed by atoms with E-state index < -0.39 is 5.97 Å². The van der Waals surface area contributed by atoms with E-state index in [9.17, 15) is 9.59 Å². The normalized spacial score (nSPS) is 9.95. The first-order chi connectivity index (χ1) is 9.17. The summed E-state index contributed by atoms with van der Waals surface area (Å²) in [7, 11) is 1.52. The molecule has 0 heterocycles. The van der Waals surface area contributed by atoms with Crippen molar-refractivity contribution in [2.24, 2.45) is 0 Å². The molecule has 5 heteroatoms. The highest BCUT2D eigenvalue weighted by atomic mass is 16.5. The van der Waals surface area contributed by atoms with Crippen LogP contribution in [0.5, 0.6) is 11.5 Å². The quantitative estimate of drug-likeness (QED) is 0.549. The summed E-state index contributed by atoms with van der Waals surface area (Å²) in [4.78, 5) is 21.0. The van der Waals surface area contributed by atoms with Gasteiger partial charge in [-0.3, -0.25) is 9.59 Å². The molecule has 0 aromatic heterocycles. The fourth-order valence-corrected chi connectivity index (χ4v) is 1.61. The number of aldehydes is 1. The fourth-order valence-electron chi connectivity index (χ4n) is 1.61. The maximum Gasteiger partial charge on any atom is 0.303 e. The lowest BCUT2D eigenvalue weighted by atomic mass is 10.2. The Morgan fingerprint density at radius 1 is 1.26 bits per heavy atom. The van der Waals surface area contributed by atoms with Crippen molar-refractivity contribution in [2.45, 2.75) is 25.7 Å². The number of carboxylic acid groups (broad SMARTS) is 1. The molecule has 5 nitrogen and oxygen atoms in total. The van der Waals surface area contributed by atoms with Gasteiger partial charge in [-0.05, 0) is 37.5 Å². The number of hydrogen-bond acceptors (Lipinski definition) is 4. The van der Waals surface area contributed by atoms with Crippen LogP contribution in [-0.2, 0) is 4.79 Å². The van der Waals surface area contributed by atoms with E-state index in [0.29, 0.717) is 30.1 Å². The van der Waals surface area contributed by atoms with Crippen molar-refractivity contribution in [2.75, 3.05) is 13.7 Å². The minimum Gasteiger partial charge on any atom is -0.493 e. The second-order valence-corrected chi connectivity index (χ2v) is 4.08. The zero-order chi connectivity index (χ0) is 14.1. The van der Waals surface area contributed by atoms with Gasteiger partial charge in [0, 0.05) is 12.0 Å². The number of carbonyl (C=O) groups excluding carboxylic acids is 1. The van der Waals surface area contributed by atoms with E-state index in [1.807, 2.05) is 0 Å². The maximum absolute atomic E-state index is 10.6. The summed E-state index contributed by atoms with van der Waals surface area (Å²) in [6.45, 7) is 0.496. The monoisotopic (exact) mass is 266 g/mol. The van der Waals surface area contributed by atoms with Gasteiger partial charge in [0.2, 0.25) is 0 Å². The highest BCUT2D eigenvalue weighted by molar-refractivity contribution is 5.76. The minimum atomic E-state index is -0.771. The number of carboxylic acids is 1. The Bertz CT molecular complexity index is 428. The van der Waals surface area contributed by atoms with Gasteiger partial charge < -0.3 is 14.6 Å². The molecule has 0 saturated heterocycles. The number of benzene rings is 1. The van der Waals surface area contributed by atoms with E-state index in [4.69, 9.17) is 14.6 Å². The molecule has 0 unspecified atom stereocenters. The largest absolute Gasteiger partial charge is 0.493 e. The first-order valence-corrected chi connectivity index (χ1v) is 6.15. The molecule has 19 heavy (non-hydrogen) atoms. The van der Waals surface area contributed by atoms with Gasteiger partial charge in [-0.2, -0.15) is 0 Å². The van der Waals surface area contributed by atoms with Gasteiger partial charge in [-0.15, -0.1) is 0 Å². The zero-order valence-electron chi connectivity index (χ0n) is 10.9. The Hall–Kier alpha value is -2.04. The Balaban J connectivity index is 2.36. The summed E-state index contributed by atoms with van der Waals surface area (Å²) < 4.78 is 10.7. The van der Waals surface area contributed by atoms with E-state index >= 15 is 0 Å². The van der Waals surface area contributed by atoms with E-state index in [2.05, 4.69) is 0 Å². The molecule has 0 radical (unpaired) electrons. The van der Waals surface area contributed by atoms with Gasteiger partial charge in [-0.25, -0.2) is 0 Å². The number of ether oxygens (including phenoxy) is 2. The molecule has 1 N–H and O–H groups in total. The van der Waals surface area contributed by atoms with E-state index in [1.165, 1.54) is 7.11 Å². The van der Waals surface area contributed by atoms with Gasteiger partial charge in [0.1, 0.15) is 6.29 Å². The molecule has 0 amide bonds. The lowest BCUT2D eigenvalue weighted by Gasteiger charge is -2.10. The molecule has 1 aromatic rings. The van der Waals surface area contributed by atoms with Crippen LogP contribution in [0, 0.1) is 0 Å². The highest BCUT2D eigenvalue weighted by Gasteiger charge is 2.05. The van der Waals surface area contributed by atoms with Crippen LogP contribution in [0.3, 0.4) is 0 Å². The third-order valence-corrected chi connectivity index (χ3v) is 2.62. The van der Waals surface area contributed by atoms with Crippen LogP contribution in [0.15, 0.2) is 18.2 Å². The molecule has 0 atom stereocenters. The van der Waals surface area contributed by atoms with E-state index in [1.54, 1.807) is 18.2 Å². The molecule has 1 aromatic carbocycles. The molecular weight excluding hydrogens is 248 g/mol. The molecule has 0 fully saturated rings. The Morgan fingerprint density at radius 3 is 2.68 bits per heavy atom. The molecule has 0 spiro atoms. The van der Waals surface area contributed by atoms with Gasteiger partial charge in [0.15, 0.2) is 11.5 Å². The number of unbranched alkanes of at least 4 members (excludes halogenated alkanes) is 2. The minimum absolute atomic E-state index is 0.192. The molecule has 0 aliphatic rings. The summed E-state index contributed by atoms with van der Waals surface area (Å²) in [5, 5.41) is 8.49. The lowest BCUT2D eigenvalue weighted by molar-refractivity contribution is -0.137. The van der Waals surface area contributed by atoms with E-state index in [0.717, 1.165) is 19.1 Å². The van der Waals surface area contributed by atoms with Crippen LogP contribution in [0.25, 0.3) is 0 Å². The average molecular weight is 266 g/mol. The Morgan fingerprint density at radius 2 is 2.05 bits per heavy atom. The summed E-state index contributed by atoms with van der Waals surface area (Å²) in [6.07, 6.45) is 3.18. The molecule has 104 valence electrons. The van der Waals surface area contributed by atoms with E-state index in [-0.39, 0.29) is 6.42 Å². The molecule has 0 aliphatic heterocycles. The molecular formula is C14H18O5. The summed E-state index contributed by atoms with van der Waals surface area (Å²) in [6, 6.07) is 4.97. The van der Waals surface area contributed by atoms with Crippen LogP contribution >= 0.6 is 0 Å². The third kappa shape index (κ3) is 5.42. The molecule has 1 rings (SSSR count). The van der Waals surface area contributed by atoms with Crippen LogP contribution in [0.4, 0.5) is 0 Å². The lowest BCUT2D eigenvalue weighted by Crippen LogP contribution is -2.01. The number of rotatable bonds is 9. The Kier molecular flexibility index (Phi) is 6.43. The number of carbonyl (C=O) groups is 2. The van der Waals surface area contributed by atoms with Crippen molar-refractivity contribution in [3.63, 3.8) is 0 Å². The Labute approximate surface area is 112 Å². The third-order valence-electron chi connectivity index (χ3n) is 2.62. The number of methoxy groups -OCH3 is 1. The summed E-state index contributed by atoms with van der Waals surface area (Å²) in [5.74, 6) is 0.341. The number of aliphatic carboxylic acids is 1. The zero-order valence-corrected chi connectivity index (χ0v) is 10.9. The second-order valence-electron chi connectivity index (χ2n) is 4.08. The van der Waals surface area contributed by atoms with Gasteiger partial charge in [-0.1, -0.05) is 0 Å². The van der Waals surface area contributed by atoms with Crippen molar-refractivity contribution in [3.8, 4) is 11.5 Å².